The van der Waals surface area contributed by atoms with E-state index < -0.39 is 11.6 Å². The van der Waals surface area contributed by atoms with Gasteiger partial charge in [0.2, 0.25) is 0 Å². The summed E-state index contributed by atoms with van der Waals surface area (Å²) in [5.74, 6) is 5.65. The number of ether oxygens (including phenoxy) is 4. The van der Waals surface area contributed by atoms with Crippen LogP contribution in [-0.4, -0.2) is 38.0 Å². The third-order valence-corrected chi connectivity index (χ3v) is 5.79. The van der Waals surface area contributed by atoms with Crippen LogP contribution >= 0.6 is 0 Å². The van der Waals surface area contributed by atoms with E-state index in [2.05, 4.69) is 60.4 Å². The molecule has 2 aromatic rings. The zero-order valence-corrected chi connectivity index (χ0v) is 17.9. The first kappa shape index (κ1) is 21.1. The largest absolute Gasteiger partial charge is 0.348 e. The molecule has 2 aliphatic heterocycles. The Hall–Kier alpha value is -2.16. The molecule has 0 bridgehead atoms. The summed E-state index contributed by atoms with van der Waals surface area (Å²) >= 11 is 0. The van der Waals surface area contributed by atoms with Crippen molar-refractivity contribution in [2.24, 2.45) is 0 Å². The van der Waals surface area contributed by atoms with E-state index in [-0.39, 0.29) is 0 Å². The highest BCUT2D eigenvalue weighted by atomic mass is 16.7. The summed E-state index contributed by atoms with van der Waals surface area (Å²) in [6.45, 7) is 6.79. The average Bonchev–Trinajstić information content (AvgIpc) is 3.40. The maximum atomic E-state index is 5.67. The molecular weight excluding hydrogens is 376 g/mol. The van der Waals surface area contributed by atoms with Crippen LogP contribution in [0, 0.1) is 11.8 Å². The Balaban J connectivity index is 1.28. The van der Waals surface area contributed by atoms with Crippen LogP contribution in [-0.2, 0) is 31.8 Å². The fourth-order valence-electron chi connectivity index (χ4n) is 3.80. The predicted molar refractivity (Wildman–Crippen MR) is 116 cm³/mol. The molecule has 158 valence electrons. The molecule has 0 atom stereocenters. The quantitative estimate of drug-likeness (QED) is 0.663. The highest BCUT2D eigenvalue weighted by Crippen LogP contribution is 2.25. The summed E-state index contributed by atoms with van der Waals surface area (Å²) in [6, 6.07) is 16.9. The lowest BCUT2D eigenvalue weighted by atomic mass is 10.0. The van der Waals surface area contributed by atoms with E-state index in [9.17, 15) is 0 Å². The highest BCUT2D eigenvalue weighted by Gasteiger charge is 2.31. The second-order valence-electron chi connectivity index (χ2n) is 8.31. The first-order valence-electron chi connectivity index (χ1n) is 10.8. The van der Waals surface area contributed by atoms with Gasteiger partial charge in [-0.1, -0.05) is 36.1 Å². The van der Waals surface area contributed by atoms with E-state index in [1.165, 1.54) is 11.1 Å². The van der Waals surface area contributed by atoms with Crippen molar-refractivity contribution in [1.29, 1.82) is 0 Å². The zero-order valence-electron chi connectivity index (χ0n) is 17.9. The van der Waals surface area contributed by atoms with Crippen molar-refractivity contribution in [2.75, 3.05) is 26.4 Å². The Morgan fingerprint density at radius 1 is 0.600 bits per heavy atom. The molecule has 0 radical (unpaired) electrons. The summed E-state index contributed by atoms with van der Waals surface area (Å²) in [4.78, 5) is 0. The molecule has 0 aromatic heterocycles. The molecule has 2 aromatic carbocycles. The topological polar surface area (TPSA) is 36.9 Å². The molecule has 2 aliphatic rings. The molecule has 2 fully saturated rings. The average molecular weight is 407 g/mol. The van der Waals surface area contributed by atoms with Gasteiger partial charge in [-0.3, -0.25) is 0 Å². The molecule has 0 spiro atoms. The number of aryl methyl sites for hydroxylation is 2. The lowest BCUT2D eigenvalue weighted by molar-refractivity contribution is -0.146. The van der Waals surface area contributed by atoms with Crippen molar-refractivity contribution >= 4 is 0 Å². The SMILES string of the molecule is CC1(CCc2ccc(C#Cc3ccc(CCC4(C)OCCO4)cc3)cc2)OCCO1. The van der Waals surface area contributed by atoms with Gasteiger partial charge >= 0.3 is 0 Å². The summed E-state index contributed by atoms with van der Waals surface area (Å²) < 4.78 is 22.7. The Labute approximate surface area is 179 Å². The van der Waals surface area contributed by atoms with E-state index >= 15 is 0 Å². The standard InChI is InChI=1S/C26H30O4/c1-25(27-17-18-28-25)15-13-23-9-5-21(6-10-23)3-4-22-7-11-24(12-8-22)14-16-26(2)29-19-20-30-26/h5-12H,13-20H2,1-2H3. The van der Waals surface area contributed by atoms with Crippen molar-refractivity contribution < 1.29 is 18.9 Å². The van der Waals surface area contributed by atoms with Crippen LogP contribution < -0.4 is 0 Å². The molecule has 4 nitrogen and oxygen atoms in total. The van der Waals surface area contributed by atoms with Crippen molar-refractivity contribution in [3.63, 3.8) is 0 Å². The molecule has 2 heterocycles. The summed E-state index contributed by atoms with van der Waals surface area (Å²) in [5, 5.41) is 0. The van der Waals surface area contributed by atoms with Gasteiger partial charge in [0.1, 0.15) is 0 Å². The van der Waals surface area contributed by atoms with Crippen molar-refractivity contribution in [2.45, 2.75) is 51.1 Å². The van der Waals surface area contributed by atoms with E-state index in [0.717, 1.165) is 36.8 Å². The minimum absolute atomic E-state index is 0.431. The van der Waals surface area contributed by atoms with E-state index in [1.54, 1.807) is 0 Å². The monoisotopic (exact) mass is 406 g/mol. The van der Waals surface area contributed by atoms with Crippen LogP contribution in [0.4, 0.5) is 0 Å². The van der Waals surface area contributed by atoms with Crippen LogP contribution in [0.3, 0.4) is 0 Å². The summed E-state index contributed by atoms with van der Waals surface area (Å²) in [7, 11) is 0. The van der Waals surface area contributed by atoms with Gasteiger partial charge < -0.3 is 18.9 Å². The molecule has 4 rings (SSSR count). The molecule has 0 aliphatic carbocycles. The maximum absolute atomic E-state index is 5.67. The van der Waals surface area contributed by atoms with Crippen molar-refractivity contribution in [1.82, 2.24) is 0 Å². The Morgan fingerprint density at radius 3 is 1.27 bits per heavy atom. The van der Waals surface area contributed by atoms with Gasteiger partial charge in [0.05, 0.1) is 26.4 Å². The summed E-state index contributed by atoms with van der Waals surface area (Å²) in [6.07, 6.45) is 3.59. The first-order valence-corrected chi connectivity index (χ1v) is 10.8. The molecular formula is C26H30O4. The number of hydrogen-bond donors (Lipinski definition) is 0. The van der Waals surface area contributed by atoms with Crippen LogP contribution in [0.15, 0.2) is 48.5 Å². The van der Waals surface area contributed by atoms with E-state index in [0.29, 0.717) is 26.4 Å². The molecule has 4 heteroatoms. The van der Waals surface area contributed by atoms with Gasteiger partial charge in [-0.15, -0.1) is 0 Å². The van der Waals surface area contributed by atoms with Crippen molar-refractivity contribution in [3.05, 3.63) is 70.8 Å². The zero-order chi connectivity index (χ0) is 20.9. The van der Waals surface area contributed by atoms with Crippen LogP contribution in [0.2, 0.25) is 0 Å². The second-order valence-corrected chi connectivity index (χ2v) is 8.31. The third-order valence-electron chi connectivity index (χ3n) is 5.79. The van der Waals surface area contributed by atoms with Gasteiger partial charge in [0.25, 0.3) is 0 Å². The molecule has 0 amide bonds. The van der Waals surface area contributed by atoms with Crippen LogP contribution in [0.5, 0.6) is 0 Å². The predicted octanol–water partition coefficient (Wildman–Crippen LogP) is 4.48. The molecule has 0 unspecified atom stereocenters. The highest BCUT2D eigenvalue weighted by molar-refractivity contribution is 5.44. The van der Waals surface area contributed by atoms with E-state index in [4.69, 9.17) is 18.9 Å². The molecule has 0 saturated carbocycles. The van der Waals surface area contributed by atoms with Gasteiger partial charge in [-0.25, -0.2) is 0 Å². The van der Waals surface area contributed by atoms with Crippen LogP contribution in [0.1, 0.15) is 48.9 Å². The smallest absolute Gasteiger partial charge is 0.166 e. The minimum Gasteiger partial charge on any atom is -0.348 e. The van der Waals surface area contributed by atoms with Crippen LogP contribution in [0.25, 0.3) is 0 Å². The normalized spacial score (nSPS) is 19.4. The maximum Gasteiger partial charge on any atom is 0.166 e. The summed E-state index contributed by atoms with van der Waals surface area (Å²) in [5.41, 5.74) is 4.58. The number of benzene rings is 2. The van der Waals surface area contributed by atoms with Gasteiger partial charge in [-0.05, 0) is 62.1 Å². The Kier molecular flexibility index (Phi) is 6.55. The minimum atomic E-state index is -0.431. The fourth-order valence-corrected chi connectivity index (χ4v) is 3.80. The van der Waals surface area contributed by atoms with Gasteiger partial charge in [0, 0.05) is 24.0 Å². The van der Waals surface area contributed by atoms with Gasteiger partial charge in [-0.2, -0.15) is 0 Å². The Morgan fingerprint density at radius 2 is 0.933 bits per heavy atom. The Bertz CT molecular complexity index is 804. The fraction of sp³-hybridized carbons (Fsp3) is 0.462. The third kappa shape index (κ3) is 5.71. The first-order chi connectivity index (χ1) is 14.5. The second kappa shape index (κ2) is 9.32. The lowest BCUT2D eigenvalue weighted by Crippen LogP contribution is -2.26. The number of hydrogen-bond acceptors (Lipinski definition) is 4. The molecule has 30 heavy (non-hydrogen) atoms. The van der Waals surface area contributed by atoms with Crippen molar-refractivity contribution in [3.8, 4) is 11.8 Å². The van der Waals surface area contributed by atoms with Gasteiger partial charge in [0.15, 0.2) is 11.6 Å². The molecule has 0 N–H and O–H groups in total. The molecule has 2 saturated heterocycles. The lowest BCUT2D eigenvalue weighted by Gasteiger charge is -2.22. The number of rotatable bonds is 6. The van der Waals surface area contributed by atoms with E-state index in [1.807, 2.05) is 13.8 Å².